The lowest BCUT2D eigenvalue weighted by Crippen LogP contribution is -2.40. The molecule has 1 fully saturated rings. The first-order chi connectivity index (χ1) is 14.9. The lowest BCUT2D eigenvalue weighted by molar-refractivity contribution is -0.120. The minimum absolute atomic E-state index is 0.0984. The monoisotopic (exact) mass is 448 g/mol. The number of benzene rings is 2. The Balaban J connectivity index is 1.50. The van der Waals surface area contributed by atoms with Crippen molar-refractivity contribution in [3.63, 3.8) is 0 Å². The SMILES string of the molecule is COc1ccc(CC(=O)NCCc2ccc(S(=O)(=O)N3CCOCC3)cc2)cc1OC. The normalized spacial score (nSPS) is 14.8. The molecule has 1 aliphatic heterocycles. The summed E-state index contributed by atoms with van der Waals surface area (Å²) in [6, 6.07) is 12.2. The van der Waals surface area contributed by atoms with E-state index in [1.807, 2.05) is 6.07 Å². The Hall–Kier alpha value is -2.62. The number of carbonyl (C=O) groups is 1. The van der Waals surface area contributed by atoms with Crippen molar-refractivity contribution in [1.29, 1.82) is 0 Å². The molecule has 1 aliphatic rings. The third-order valence-corrected chi connectivity index (χ3v) is 6.99. The zero-order chi connectivity index (χ0) is 22.3. The van der Waals surface area contributed by atoms with E-state index >= 15 is 0 Å². The summed E-state index contributed by atoms with van der Waals surface area (Å²) in [5, 5.41) is 2.89. The van der Waals surface area contributed by atoms with Gasteiger partial charge in [-0.05, 0) is 41.8 Å². The van der Waals surface area contributed by atoms with Crippen LogP contribution in [-0.4, -0.2) is 65.7 Å². The predicted octanol–water partition coefficient (Wildman–Crippen LogP) is 1.63. The number of sulfonamides is 1. The predicted molar refractivity (Wildman–Crippen MR) is 116 cm³/mol. The molecule has 0 saturated carbocycles. The van der Waals surface area contributed by atoms with Gasteiger partial charge in [0.25, 0.3) is 0 Å². The van der Waals surface area contributed by atoms with E-state index in [2.05, 4.69) is 5.32 Å². The van der Waals surface area contributed by atoms with Crippen molar-refractivity contribution in [3.8, 4) is 11.5 Å². The lowest BCUT2D eigenvalue weighted by atomic mass is 10.1. The molecule has 31 heavy (non-hydrogen) atoms. The molecule has 0 unspecified atom stereocenters. The highest BCUT2D eigenvalue weighted by molar-refractivity contribution is 7.89. The molecule has 0 atom stereocenters. The Kier molecular flexibility index (Phi) is 7.89. The van der Waals surface area contributed by atoms with Gasteiger partial charge in [-0.15, -0.1) is 0 Å². The van der Waals surface area contributed by atoms with Crippen LogP contribution < -0.4 is 14.8 Å². The Bertz CT molecular complexity index is 986. The molecule has 1 N–H and O–H groups in total. The van der Waals surface area contributed by atoms with Gasteiger partial charge < -0.3 is 19.5 Å². The van der Waals surface area contributed by atoms with Crippen molar-refractivity contribution >= 4 is 15.9 Å². The Morgan fingerprint density at radius 2 is 1.65 bits per heavy atom. The molecule has 2 aromatic rings. The van der Waals surface area contributed by atoms with Crippen LogP contribution in [0, 0.1) is 0 Å². The fourth-order valence-corrected chi connectivity index (χ4v) is 4.76. The molecule has 0 aromatic heterocycles. The quantitative estimate of drug-likeness (QED) is 0.627. The fourth-order valence-electron chi connectivity index (χ4n) is 3.35. The van der Waals surface area contributed by atoms with E-state index < -0.39 is 10.0 Å². The first-order valence-corrected chi connectivity index (χ1v) is 11.5. The molecule has 2 aromatic carbocycles. The summed E-state index contributed by atoms with van der Waals surface area (Å²) in [6.45, 7) is 2.04. The summed E-state index contributed by atoms with van der Waals surface area (Å²) in [5.41, 5.74) is 1.78. The molecule has 0 spiro atoms. The Morgan fingerprint density at radius 1 is 1.00 bits per heavy atom. The minimum atomic E-state index is -3.49. The molecule has 0 bridgehead atoms. The second-order valence-corrected chi connectivity index (χ2v) is 9.06. The number of morpholine rings is 1. The third kappa shape index (κ3) is 5.96. The van der Waals surface area contributed by atoms with Crippen LogP contribution in [-0.2, 0) is 32.4 Å². The van der Waals surface area contributed by atoms with Crippen molar-refractivity contribution in [2.75, 3.05) is 47.1 Å². The lowest BCUT2D eigenvalue weighted by Gasteiger charge is -2.26. The number of methoxy groups -OCH3 is 2. The largest absolute Gasteiger partial charge is 0.493 e. The van der Waals surface area contributed by atoms with Crippen LogP contribution in [0.3, 0.4) is 0 Å². The second-order valence-electron chi connectivity index (χ2n) is 7.13. The van der Waals surface area contributed by atoms with Crippen molar-refractivity contribution in [3.05, 3.63) is 53.6 Å². The van der Waals surface area contributed by atoms with Gasteiger partial charge in [-0.2, -0.15) is 4.31 Å². The van der Waals surface area contributed by atoms with E-state index in [1.165, 1.54) is 4.31 Å². The molecule has 8 nitrogen and oxygen atoms in total. The van der Waals surface area contributed by atoms with Gasteiger partial charge in [0.1, 0.15) is 0 Å². The number of nitrogens with zero attached hydrogens (tertiary/aromatic N) is 1. The molecule has 0 aliphatic carbocycles. The van der Waals surface area contributed by atoms with E-state index in [1.54, 1.807) is 50.6 Å². The number of nitrogens with one attached hydrogen (secondary N) is 1. The summed E-state index contributed by atoms with van der Waals surface area (Å²) in [6.07, 6.45) is 0.840. The van der Waals surface area contributed by atoms with Gasteiger partial charge in [-0.1, -0.05) is 18.2 Å². The van der Waals surface area contributed by atoms with Crippen LogP contribution in [0.4, 0.5) is 0 Å². The number of carbonyl (C=O) groups excluding carboxylic acids is 1. The van der Waals surface area contributed by atoms with Crippen LogP contribution in [0.5, 0.6) is 11.5 Å². The topological polar surface area (TPSA) is 94.2 Å². The fraction of sp³-hybridized carbons (Fsp3) is 0.409. The van der Waals surface area contributed by atoms with Gasteiger partial charge >= 0.3 is 0 Å². The first kappa shape index (κ1) is 23.1. The van der Waals surface area contributed by atoms with Gasteiger partial charge in [0.15, 0.2) is 11.5 Å². The summed E-state index contributed by atoms with van der Waals surface area (Å²) in [5.74, 6) is 1.10. The smallest absolute Gasteiger partial charge is 0.243 e. The highest BCUT2D eigenvalue weighted by atomic mass is 32.2. The summed E-state index contributed by atoms with van der Waals surface area (Å²) < 4.78 is 42.4. The summed E-state index contributed by atoms with van der Waals surface area (Å²) in [4.78, 5) is 12.5. The zero-order valence-electron chi connectivity index (χ0n) is 17.8. The molecule has 0 radical (unpaired) electrons. The highest BCUT2D eigenvalue weighted by Gasteiger charge is 2.26. The van der Waals surface area contributed by atoms with Crippen LogP contribution in [0.15, 0.2) is 47.4 Å². The van der Waals surface area contributed by atoms with Crippen LogP contribution in [0.1, 0.15) is 11.1 Å². The van der Waals surface area contributed by atoms with Gasteiger partial charge in [-0.25, -0.2) is 8.42 Å². The molecule has 1 heterocycles. The summed E-state index contributed by atoms with van der Waals surface area (Å²) >= 11 is 0. The standard InChI is InChI=1S/C22H28N2O6S/c1-28-20-8-5-18(15-21(20)29-2)16-22(25)23-10-9-17-3-6-19(7-4-17)31(26,27)24-11-13-30-14-12-24/h3-8,15H,9-14,16H2,1-2H3,(H,23,25). The van der Waals surface area contributed by atoms with Crippen molar-refractivity contribution in [2.45, 2.75) is 17.7 Å². The van der Waals surface area contributed by atoms with E-state index in [0.29, 0.717) is 50.8 Å². The Labute approximate surface area is 183 Å². The van der Waals surface area contributed by atoms with Gasteiger partial charge in [0, 0.05) is 19.6 Å². The minimum Gasteiger partial charge on any atom is -0.493 e. The maximum absolute atomic E-state index is 12.7. The van der Waals surface area contributed by atoms with E-state index in [0.717, 1.165) is 11.1 Å². The van der Waals surface area contributed by atoms with E-state index in [-0.39, 0.29) is 17.2 Å². The van der Waals surface area contributed by atoms with Crippen LogP contribution in [0.25, 0.3) is 0 Å². The van der Waals surface area contributed by atoms with Gasteiger partial charge in [0.2, 0.25) is 15.9 Å². The Morgan fingerprint density at radius 3 is 2.29 bits per heavy atom. The number of hydrogen-bond acceptors (Lipinski definition) is 6. The van der Waals surface area contributed by atoms with Crippen molar-refractivity contribution in [2.24, 2.45) is 0 Å². The third-order valence-electron chi connectivity index (χ3n) is 5.08. The van der Waals surface area contributed by atoms with Gasteiger partial charge in [0.05, 0.1) is 38.7 Å². The molecule has 1 saturated heterocycles. The van der Waals surface area contributed by atoms with E-state index in [4.69, 9.17) is 14.2 Å². The molecular weight excluding hydrogens is 420 g/mol. The molecule has 168 valence electrons. The average Bonchev–Trinajstić information content (AvgIpc) is 2.80. The number of ether oxygens (including phenoxy) is 3. The van der Waals surface area contributed by atoms with E-state index in [9.17, 15) is 13.2 Å². The highest BCUT2D eigenvalue weighted by Crippen LogP contribution is 2.27. The second kappa shape index (κ2) is 10.6. The van der Waals surface area contributed by atoms with Crippen molar-refractivity contribution < 1.29 is 27.4 Å². The number of hydrogen-bond donors (Lipinski definition) is 1. The van der Waals surface area contributed by atoms with Crippen LogP contribution in [0.2, 0.25) is 0 Å². The maximum atomic E-state index is 12.7. The van der Waals surface area contributed by atoms with Gasteiger partial charge in [-0.3, -0.25) is 4.79 Å². The number of amides is 1. The molecular formula is C22H28N2O6S. The molecule has 3 rings (SSSR count). The number of rotatable bonds is 9. The zero-order valence-corrected chi connectivity index (χ0v) is 18.6. The first-order valence-electron chi connectivity index (χ1n) is 10.1. The summed E-state index contributed by atoms with van der Waals surface area (Å²) in [7, 11) is -0.375. The average molecular weight is 449 g/mol. The van der Waals surface area contributed by atoms with Crippen molar-refractivity contribution in [1.82, 2.24) is 9.62 Å². The molecule has 1 amide bonds. The molecule has 9 heteroatoms. The van der Waals surface area contributed by atoms with Crippen LogP contribution >= 0.6 is 0 Å². The maximum Gasteiger partial charge on any atom is 0.243 e.